The zero-order chi connectivity index (χ0) is 20.4. The van der Waals surface area contributed by atoms with E-state index in [1.54, 1.807) is 7.05 Å². The predicted octanol–water partition coefficient (Wildman–Crippen LogP) is 3.07. The van der Waals surface area contributed by atoms with E-state index >= 15 is 0 Å². The normalized spacial score (nSPS) is 16.2. The highest BCUT2D eigenvalue weighted by Gasteiger charge is 2.14. The quantitative estimate of drug-likeness (QED) is 0.364. The van der Waals surface area contributed by atoms with Crippen LogP contribution in [0.2, 0.25) is 0 Å². The average molecular weight is 388 g/mol. The number of nitrogens with zero attached hydrogens (tertiary/aromatic N) is 2. The molecule has 1 aliphatic heterocycles. The van der Waals surface area contributed by atoms with Gasteiger partial charge in [-0.05, 0) is 62.5 Å². The summed E-state index contributed by atoms with van der Waals surface area (Å²) in [5, 5.41) is 9.65. The summed E-state index contributed by atoms with van der Waals surface area (Å²) < 4.78 is 0. The van der Waals surface area contributed by atoms with Crippen molar-refractivity contribution in [3.05, 3.63) is 29.8 Å². The van der Waals surface area contributed by atoms with Gasteiger partial charge in [0.25, 0.3) is 0 Å². The number of piperidine rings is 1. The maximum atomic E-state index is 11.7. The third-order valence-electron chi connectivity index (χ3n) is 5.25. The maximum absolute atomic E-state index is 11.7. The van der Waals surface area contributed by atoms with Crippen molar-refractivity contribution in [3.8, 4) is 0 Å². The fraction of sp³-hybridized carbons (Fsp3) is 0.636. The lowest BCUT2D eigenvalue weighted by molar-refractivity contribution is -0.118. The summed E-state index contributed by atoms with van der Waals surface area (Å²) in [5.74, 6) is 1.73. The van der Waals surface area contributed by atoms with Crippen molar-refractivity contribution in [3.63, 3.8) is 0 Å². The SMILES string of the molecule is CN=C(NCCCN1CCC(C)CC1)NCc1ccc(NC(=O)C(C)C)cc1. The first-order valence-electron chi connectivity index (χ1n) is 10.5. The summed E-state index contributed by atoms with van der Waals surface area (Å²) in [6, 6.07) is 7.92. The number of likely N-dealkylation sites (tertiary alicyclic amines) is 1. The van der Waals surface area contributed by atoms with Crippen LogP contribution in [0.5, 0.6) is 0 Å². The zero-order valence-corrected chi connectivity index (χ0v) is 17.9. The van der Waals surface area contributed by atoms with Crippen molar-refractivity contribution in [2.45, 2.75) is 46.6 Å². The van der Waals surface area contributed by atoms with Gasteiger partial charge in [-0.1, -0.05) is 32.9 Å². The van der Waals surface area contributed by atoms with E-state index in [4.69, 9.17) is 0 Å². The minimum absolute atomic E-state index is 0.0192. The van der Waals surface area contributed by atoms with Gasteiger partial charge in [-0.2, -0.15) is 0 Å². The summed E-state index contributed by atoms with van der Waals surface area (Å²) in [5.41, 5.74) is 1.98. The molecule has 0 atom stereocenters. The molecule has 6 heteroatoms. The van der Waals surface area contributed by atoms with Crippen LogP contribution < -0.4 is 16.0 Å². The smallest absolute Gasteiger partial charge is 0.226 e. The van der Waals surface area contributed by atoms with Crippen molar-refractivity contribution in [2.75, 3.05) is 38.5 Å². The first kappa shape index (κ1) is 22.2. The Morgan fingerprint density at radius 1 is 1.18 bits per heavy atom. The molecule has 1 amide bonds. The molecule has 28 heavy (non-hydrogen) atoms. The average Bonchev–Trinajstić information content (AvgIpc) is 2.69. The molecule has 1 aliphatic rings. The monoisotopic (exact) mass is 387 g/mol. The van der Waals surface area contributed by atoms with Gasteiger partial charge < -0.3 is 20.9 Å². The molecule has 1 heterocycles. The van der Waals surface area contributed by atoms with Gasteiger partial charge in [0.1, 0.15) is 0 Å². The molecular formula is C22H37N5O. The molecule has 0 radical (unpaired) electrons. The first-order valence-corrected chi connectivity index (χ1v) is 10.5. The van der Waals surface area contributed by atoms with Crippen LogP contribution in [0.4, 0.5) is 5.69 Å². The lowest BCUT2D eigenvalue weighted by Crippen LogP contribution is -2.39. The van der Waals surface area contributed by atoms with Crippen molar-refractivity contribution >= 4 is 17.6 Å². The topological polar surface area (TPSA) is 68.8 Å². The van der Waals surface area contributed by atoms with E-state index in [1.165, 1.54) is 25.9 Å². The number of amides is 1. The molecule has 0 bridgehead atoms. The summed E-state index contributed by atoms with van der Waals surface area (Å²) in [4.78, 5) is 18.6. The van der Waals surface area contributed by atoms with Gasteiger partial charge in [0.15, 0.2) is 5.96 Å². The Balaban J connectivity index is 1.65. The highest BCUT2D eigenvalue weighted by atomic mass is 16.1. The second-order valence-corrected chi connectivity index (χ2v) is 8.07. The molecular weight excluding hydrogens is 350 g/mol. The Morgan fingerprint density at radius 2 is 1.86 bits per heavy atom. The Bertz CT molecular complexity index is 618. The fourth-order valence-electron chi connectivity index (χ4n) is 3.19. The van der Waals surface area contributed by atoms with Crippen LogP contribution in [0.1, 0.15) is 45.6 Å². The van der Waals surface area contributed by atoms with Gasteiger partial charge in [0, 0.05) is 31.7 Å². The maximum Gasteiger partial charge on any atom is 0.226 e. The lowest BCUT2D eigenvalue weighted by Gasteiger charge is -2.30. The third kappa shape index (κ3) is 7.89. The molecule has 1 aromatic carbocycles. The number of aliphatic imine (C=N–C) groups is 1. The number of rotatable bonds is 8. The Hall–Kier alpha value is -2.08. The number of nitrogens with one attached hydrogen (secondary N) is 3. The van der Waals surface area contributed by atoms with Crippen molar-refractivity contribution in [1.82, 2.24) is 15.5 Å². The number of hydrogen-bond donors (Lipinski definition) is 3. The predicted molar refractivity (Wildman–Crippen MR) is 118 cm³/mol. The number of carbonyl (C=O) groups excluding carboxylic acids is 1. The minimum atomic E-state index is -0.0192. The van der Waals surface area contributed by atoms with E-state index < -0.39 is 0 Å². The number of hydrogen-bond acceptors (Lipinski definition) is 3. The molecule has 1 fully saturated rings. The van der Waals surface area contributed by atoms with Crippen LogP contribution >= 0.6 is 0 Å². The standard InChI is InChI=1S/C22H37N5O/c1-17(2)21(28)26-20-8-6-19(7-9-20)16-25-22(23-4)24-12-5-13-27-14-10-18(3)11-15-27/h6-9,17-18H,5,10-16H2,1-4H3,(H,26,28)(H2,23,24,25). The molecule has 0 spiro atoms. The molecule has 0 aliphatic carbocycles. The van der Waals surface area contributed by atoms with Crippen LogP contribution in [0.3, 0.4) is 0 Å². The van der Waals surface area contributed by atoms with Gasteiger partial charge in [-0.3, -0.25) is 9.79 Å². The number of guanidine groups is 1. The summed E-state index contributed by atoms with van der Waals surface area (Å²) in [7, 11) is 1.80. The molecule has 0 saturated carbocycles. The van der Waals surface area contributed by atoms with Crippen LogP contribution in [0.15, 0.2) is 29.3 Å². The first-order chi connectivity index (χ1) is 13.5. The van der Waals surface area contributed by atoms with E-state index in [0.717, 1.165) is 42.6 Å². The molecule has 1 saturated heterocycles. The number of carbonyl (C=O) groups is 1. The van der Waals surface area contributed by atoms with E-state index in [9.17, 15) is 4.79 Å². The summed E-state index contributed by atoms with van der Waals surface area (Å²) >= 11 is 0. The molecule has 0 aromatic heterocycles. The van der Waals surface area contributed by atoms with Crippen LogP contribution in [0, 0.1) is 11.8 Å². The van der Waals surface area contributed by atoms with E-state index in [-0.39, 0.29) is 11.8 Å². The number of anilines is 1. The molecule has 6 nitrogen and oxygen atoms in total. The second-order valence-electron chi connectivity index (χ2n) is 8.07. The van der Waals surface area contributed by atoms with Crippen LogP contribution in [-0.4, -0.2) is 50.0 Å². The highest BCUT2D eigenvalue weighted by Crippen LogP contribution is 2.15. The van der Waals surface area contributed by atoms with Gasteiger partial charge in [-0.15, -0.1) is 0 Å². The lowest BCUT2D eigenvalue weighted by atomic mass is 9.99. The fourth-order valence-corrected chi connectivity index (χ4v) is 3.19. The zero-order valence-electron chi connectivity index (χ0n) is 17.9. The van der Waals surface area contributed by atoms with Crippen molar-refractivity contribution in [1.29, 1.82) is 0 Å². The van der Waals surface area contributed by atoms with Crippen LogP contribution in [0.25, 0.3) is 0 Å². The molecule has 0 unspecified atom stereocenters. The molecule has 3 N–H and O–H groups in total. The van der Waals surface area contributed by atoms with Gasteiger partial charge in [0.2, 0.25) is 5.91 Å². The Labute approximate surface area is 170 Å². The summed E-state index contributed by atoms with van der Waals surface area (Å²) in [6.45, 7) is 11.4. The summed E-state index contributed by atoms with van der Waals surface area (Å²) in [6.07, 6.45) is 3.78. The van der Waals surface area contributed by atoms with Crippen molar-refractivity contribution < 1.29 is 4.79 Å². The Kier molecular flexibility index (Phi) is 9.28. The second kappa shape index (κ2) is 11.7. The minimum Gasteiger partial charge on any atom is -0.356 e. The highest BCUT2D eigenvalue weighted by molar-refractivity contribution is 5.92. The van der Waals surface area contributed by atoms with Gasteiger partial charge >= 0.3 is 0 Å². The van der Waals surface area contributed by atoms with Crippen molar-refractivity contribution in [2.24, 2.45) is 16.8 Å². The van der Waals surface area contributed by atoms with E-state index in [1.807, 2.05) is 38.1 Å². The molecule has 156 valence electrons. The molecule has 2 rings (SSSR count). The molecule has 1 aromatic rings. The largest absolute Gasteiger partial charge is 0.356 e. The van der Waals surface area contributed by atoms with Crippen LogP contribution in [-0.2, 0) is 11.3 Å². The third-order valence-corrected chi connectivity index (χ3v) is 5.25. The number of benzene rings is 1. The van der Waals surface area contributed by atoms with Gasteiger partial charge in [-0.25, -0.2) is 0 Å². The van der Waals surface area contributed by atoms with Gasteiger partial charge in [0.05, 0.1) is 0 Å². The van der Waals surface area contributed by atoms with E-state index in [2.05, 4.69) is 32.8 Å². The van der Waals surface area contributed by atoms with E-state index in [0.29, 0.717) is 6.54 Å². The Morgan fingerprint density at radius 3 is 2.46 bits per heavy atom.